The van der Waals surface area contributed by atoms with Crippen LogP contribution in [0.15, 0.2) is 23.1 Å². The van der Waals surface area contributed by atoms with Crippen molar-refractivity contribution < 1.29 is 9.84 Å². The van der Waals surface area contributed by atoms with Crippen molar-refractivity contribution in [3.63, 3.8) is 0 Å². The van der Waals surface area contributed by atoms with Crippen molar-refractivity contribution in [2.45, 2.75) is 17.7 Å². The smallest absolute Gasteiger partial charge is 0.123 e. The molecule has 14 heavy (non-hydrogen) atoms. The summed E-state index contributed by atoms with van der Waals surface area (Å²) >= 11 is 1.68. The molecule has 0 aliphatic heterocycles. The fourth-order valence-corrected chi connectivity index (χ4v) is 1.75. The largest absolute Gasteiger partial charge is 0.496 e. The van der Waals surface area contributed by atoms with Gasteiger partial charge < -0.3 is 9.84 Å². The predicted octanol–water partition coefficient (Wildman–Crippen LogP) is 2.51. The molecular formula is C11H16O2S. The van der Waals surface area contributed by atoms with Gasteiger partial charge in [-0.3, -0.25) is 0 Å². The van der Waals surface area contributed by atoms with Crippen LogP contribution in [0.3, 0.4) is 0 Å². The Morgan fingerprint density at radius 3 is 2.71 bits per heavy atom. The molecule has 0 heterocycles. The van der Waals surface area contributed by atoms with Crippen LogP contribution in [0.25, 0.3) is 0 Å². The number of methoxy groups -OCH3 is 1. The molecule has 0 saturated heterocycles. The summed E-state index contributed by atoms with van der Waals surface area (Å²) in [6.07, 6.45) is 2.03. The zero-order chi connectivity index (χ0) is 10.6. The number of rotatable bonds is 4. The van der Waals surface area contributed by atoms with Gasteiger partial charge in [0.15, 0.2) is 0 Å². The third kappa shape index (κ3) is 2.42. The van der Waals surface area contributed by atoms with E-state index in [1.807, 2.05) is 25.3 Å². The Balaban J connectivity index is 3.04. The van der Waals surface area contributed by atoms with Crippen molar-refractivity contribution in [2.24, 2.45) is 0 Å². The van der Waals surface area contributed by atoms with E-state index in [0.717, 1.165) is 11.3 Å². The minimum absolute atomic E-state index is 0.126. The highest BCUT2D eigenvalue weighted by molar-refractivity contribution is 7.98. The van der Waals surface area contributed by atoms with Crippen LogP contribution >= 0.6 is 11.8 Å². The molecule has 78 valence electrons. The molecule has 0 amide bonds. The lowest BCUT2D eigenvalue weighted by Crippen LogP contribution is -2.01. The molecule has 0 radical (unpaired) electrons. The van der Waals surface area contributed by atoms with Gasteiger partial charge in [0.25, 0.3) is 0 Å². The van der Waals surface area contributed by atoms with E-state index in [1.165, 1.54) is 4.90 Å². The summed E-state index contributed by atoms with van der Waals surface area (Å²) in [5.74, 6) is 0.985. The summed E-state index contributed by atoms with van der Waals surface area (Å²) in [6.45, 7) is 2.13. The van der Waals surface area contributed by atoms with E-state index >= 15 is 0 Å². The zero-order valence-electron chi connectivity index (χ0n) is 8.78. The van der Waals surface area contributed by atoms with Gasteiger partial charge in [-0.05, 0) is 24.0 Å². The van der Waals surface area contributed by atoms with Crippen molar-refractivity contribution in [2.75, 3.05) is 20.0 Å². The van der Waals surface area contributed by atoms with Gasteiger partial charge in [-0.15, -0.1) is 11.8 Å². The monoisotopic (exact) mass is 212 g/mol. The number of hydrogen-bond donors (Lipinski definition) is 1. The number of aliphatic hydroxyl groups is 1. The summed E-state index contributed by atoms with van der Waals surface area (Å²) in [6, 6.07) is 6.08. The van der Waals surface area contributed by atoms with E-state index in [0.29, 0.717) is 0 Å². The maximum absolute atomic E-state index is 9.07. The molecule has 1 rings (SSSR count). The predicted molar refractivity (Wildman–Crippen MR) is 60.3 cm³/mol. The van der Waals surface area contributed by atoms with Crippen LogP contribution in [0.1, 0.15) is 18.4 Å². The SMILES string of the molecule is COc1cc(SC)ccc1C(C)CO. The van der Waals surface area contributed by atoms with Crippen LogP contribution in [0, 0.1) is 0 Å². The first-order valence-electron chi connectivity index (χ1n) is 4.55. The van der Waals surface area contributed by atoms with Gasteiger partial charge >= 0.3 is 0 Å². The molecule has 1 aromatic rings. The highest BCUT2D eigenvalue weighted by atomic mass is 32.2. The Bertz CT molecular complexity index is 299. The van der Waals surface area contributed by atoms with Gasteiger partial charge in [0.1, 0.15) is 5.75 Å². The van der Waals surface area contributed by atoms with E-state index in [9.17, 15) is 0 Å². The molecule has 2 nitrogen and oxygen atoms in total. The van der Waals surface area contributed by atoms with Gasteiger partial charge in [0, 0.05) is 17.4 Å². The molecule has 1 unspecified atom stereocenters. The molecule has 0 aliphatic rings. The molecular weight excluding hydrogens is 196 g/mol. The Morgan fingerprint density at radius 1 is 1.50 bits per heavy atom. The first kappa shape index (κ1) is 11.4. The quantitative estimate of drug-likeness (QED) is 0.778. The lowest BCUT2D eigenvalue weighted by molar-refractivity contribution is 0.269. The average Bonchev–Trinajstić information content (AvgIpc) is 2.27. The van der Waals surface area contributed by atoms with Gasteiger partial charge in [0.05, 0.1) is 7.11 Å². The van der Waals surface area contributed by atoms with E-state index < -0.39 is 0 Å². The minimum atomic E-state index is 0.126. The van der Waals surface area contributed by atoms with Crippen LogP contribution in [-0.4, -0.2) is 25.1 Å². The van der Waals surface area contributed by atoms with Crippen LogP contribution in [0.2, 0.25) is 0 Å². The molecule has 0 aliphatic carbocycles. The molecule has 1 N–H and O–H groups in total. The van der Waals surface area contributed by atoms with Crippen molar-refractivity contribution >= 4 is 11.8 Å². The van der Waals surface area contributed by atoms with Crippen molar-refractivity contribution in [1.82, 2.24) is 0 Å². The molecule has 1 aromatic carbocycles. The van der Waals surface area contributed by atoms with E-state index in [2.05, 4.69) is 6.07 Å². The number of benzene rings is 1. The lowest BCUT2D eigenvalue weighted by atomic mass is 10.0. The fourth-order valence-electron chi connectivity index (χ4n) is 1.32. The summed E-state index contributed by atoms with van der Waals surface area (Å²) in [7, 11) is 1.66. The first-order chi connectivity index (χ1) is 6.72. The fraction of sp³-hybridized carbons (Fsp3) is 0.455. The first-order valence-corrected chi connectivity index (χ1v) is 5.78. The highest BCUT2D eigenvalue weighted by Gasteiger charge is 2.10. The average molecular weight is 212 g/mol. The third-order valence-corrected chi connectivity index (χ3v) is 2.97. The lowest BCUT2D eigenvalue weighted by Gasteiger charge is -2.14. The van der Waals surface area contributed by atoms with Gasteiger partial charge in [-0.1, -0.05) is 13.0 Å². The molecule has 0 bridgehead atoms. The maximum atomic E-state index is 9.07. The van der Waals surface area contributed by atoms with Crippen molar-refractivity contribution in [3.05, 3.63) is 23.8 Å². The molecule has 1 atom stereocenters. The Morgan fingerprint density at radius 2 is 2.21 bits per heavy atom. The van der Waals surface area contributed by atoms with E-state index in [1.54, 1.807) is 18.9 Å². The molecule has 0 aromatic heterocycles. The third-order valence-electron chi connectivity index (χ3n) is 2.25. The minimum Gasteiger partial charge on any atom is -0.496 e. The molecule has 0 saturated carbocycles. The van der Waals surface area contributed by atoms with Crippen LogP contribution in [-0.2, 0) is 0 Å². The number of aliphatic hydroxyl groups excluding tert-OH is 1. The van der Waals surface area contributed by atoms with E-state index in [-0.39, 0.29) is 12.5 Å². The summed E-state index contributed by atoms with van der Waals surface area (Å²) in [5, 5.41) is 9.07. The number of thioether (sulfide) groups is 1. The second kappa shape index (κ2) is 5.27. The van der Waals surface area contributed by atoms with Crippen LogP contribution in [0.5, 0.6) is 5.75 Å². The van der Waals surface area contributed by atoms with Crippen molar-refractivity contribution in [1.29, 1.82) is 0 Å². The summed E-state index contributed by atoms with van der Waals surface area (Å²) < 4.78 is 5.29. The van der Waals surface area contributed by atoms with Crippen LogP contribution < -0.4 is 4.74 Å². The second-order valence-corrected chi connectivity index (χ2v) is 4.07. The second-order valence-electron chi connectivity index (χ2n) is 3.19. The van der Waals surface area contributed by atoms with E-state index in [4.69, 9.17) is 9.84 Å². The van der Waals surface area contributed by atoms with Gasteiger partial charge in [-0.2, -0.15) is 0 Å². The summed E-state index contributed by atoms with van der Waals surface area (Å²) in [4.78, 5) is 1.18. The zero-order valence-corrected chi connectivity index (χ0v) is 9.60. The van der Waals surface area contributed by atoms with Gasteiger partial charge in [0.2, 0.25) is 0 Å². The Hall–Kier alpha value is -0.670. The Kier molecular flexibility index (Phi) is 4.29. The Labute approximate surface area is 89.3 Å². The highest BCUT2D eigenvalue weighted by Crippen LogP contribution is 2.30. The van der Waals surface area contributed by atoms with Crippen LogP contribution in [0.4, 0.5) is 0 Å². The number of ether oxygens (including phenoxy) is 1. The van der Waals surface area contributed by atoms with Gasteiger partial charge in [-0.25, -0.2) is 0 Å². The number of hydrogen-bond acceptors (Lipinski definition) is 3. The molecule has 0 fully saturated rings. The molecule has 3 heteroatoms. The normalized spacial score (nSPS) is 12.6. The molecule has 0 spiro atoms. The standard InChI is InChI=1S/C11H16O2S/c1-8(7-12)10-5-4-9(14-3)6-11(10)13-2/h4-6,8,12H,7H2,1-3H3. The maximum Gasteiger partial charge on any atom is 0.123 e. The van der Waals surface area contributed by atoms with Crippen molar-refractivity contribution in [3.8, 4) is 5.75 Å². The topological polar surface area (TPSA) is 29.5 Å². The summed E-state index contributed by atoms with van der Waals surface area (Å²) in [5.41, 5.74) is 1.06.